The third-order valence-electron chi connectivity index (χ3n) is 5.73. The Balaban J connectivity index is 1.62. The van der Waals surface area contributed by atoms with Crippen molar-refractivity contribution in [3.63, 3.8) is 0 Å². The summed E-state index contributed by atoms with van der Waals surface area (Å²) in [5.74, 6) is 0. The summed E-state index contributed by atoms with van der Waals surface area (Å²) < 4.78 is 0. The van der Waals surface area contributed by atoms with Crippen LogP contribution in [0.2, 0.25) is 10.0 Å². The lowest BCUT2D eigenvalue weighted by molar-refractivity contribution is 0.153. The Hall–Kier alpha value is -2.51. The van der Waals surface area contributed by atoms with Gasteiger partial charge >= 0.3 is 0 Å². The Kier molecular flexibility index (Phi) is 6.29. The van der Waals surface area contributed by atoms with Gasteiger partial charge in [-0.25, -0.2) is 4.85 Å². The summed E-state index contributed by atoms with van der Waals surface area (Å²) in [4.78, 5) is 8.47. The molecule has 5 heteroatoms. The molecule has 0 unspecified atom stereocenters. The van der Waals surface area contributed by atoms with Gasteiger partial charge in [0, 0.05) is 41.4 Å². The molecule has 0 aromatic heterocycles. The molecule has 0 saturated carbocycles. The van der Waals surface area contributed by atoms with E-state index >= 15 is 0 Å². The van der Waals surface area contributed by atoms with E-state index in [4.69, 9.17) is 29.8 Å². The van der Waals surface area contributed by atoms with Crippen LogP contribution in [-0.2, 0) is 6.54 Å². The fourth-order valence-corrected chi connectivity index (χ4v) is 4.30. The number of halogens is 2. The van der Waals surface area contributed by atoms with Gasteiger partial charge in [0.05, 0.1) is 12.6 Å². The zero-order chi connectivity index (χ0) is 21.1. The SMILES string of the molecule is [C-]#[N+]c1ccc(CN2C[C@@H](c3ccc(Cl)cc3)N(c3ccc(Cl)cc3)C[C@H]2C)cc1. The standard InChI is InChI=1S/C25H23Cl2N3/c1-18-15-30(24-13-9-22(27)10-14-24)25(20-5-7-21(26)8-6-20)17-29(18)16-19-3-11-23(28-2)12-4-19/h3-14,18,25H,15-17H2,1H3/t18-,25+/m1/s1. The van der Waals surface area contributed by atoms with Crippen molar-refractivity contribution in [2.24, 2.45) is 0 Å². The maximum atomic E-state index is 7.14. The van der Waals surface area contributed by atoms with E-state index in [1.165, 1.54) is 16.8 Å². The minimum Gasteiger partial charge on any atom is -0.362 e. The summed E-state index contributed by atoms with van der Waals surface area (Å²) in [6, 6.07) is 24.7. The first-order valence-corrected chi connectivity index (χ1v) is 10.8. The van der Waals surface area contributed by atoms with E-state index < -0.39 is 0 Å². The number of anilines is 1. The van der Waals surface area contributed by atoms with E-state index in [9.17, 15) is 0 Å². The lowest BCUT2D eigenvalue weighted by atomic mass is 9.98. The molecule has 1 saturated heterocycles. The van der Waals surface area contributed by atoms with Crippen LogP contribution in [-0.4, -0.2) is 24.0 Å². The third kappa shape index (κ3) is 4.63. The molecule has 30 heavy (non-hydrogen) atoms. The molecule has 3 aromatic carbocycles. The van der Waals surface area contributed by atoms with Gasteiger partial charge in [-0.2, -0.15) is 0 Å². The van der Waals surface area contributed by atoms with Crippen LogP contribution in [0.1, 0.15) is 24.1 Å². The number of nitrogens with zero attached hydrogens (tertiary/aromatic N) is 3. The molecule has 1 heterocycles. The molecule has 3 nitrogen and oxygen atoms in total. The summed E-state index contributed by atoms with van der Waals surface area (Å²) in [5, 5.41) is 1.49. The van der Waals surface area contributed by atoms with Crippen molar-refractivity contribution in [1.29, 1.82) is 0 Å². The third-order valence-corrected chi connectivity index (χ3v) is 6.24. The average Bonchev–Trinajstić information content (AvgIpc) is 2.77. The van der Waals surface area contributed by atoms with Gasteiger partial charge in [0.2, 0.25) is 0 Å². The van der Waals surface area contributed by atoms with Gasteiger partial charge in [-0.15, -0.1) is 0 Å². The van der Waals surface area contributed by atoms with Crippen LogP contribution in [0, 0.1) is 6.57 Å². The molecule has 0 N–H and O–H groups in total. The van der Waals surface area contributed by atoms with Crippen LogP contribution >= 0.6 is 23.2 Å². The summed E-state index contributed by atoms with van der Waals surface area (Å²) in [6.45, 7) is 12.1. The number of benzene rings is 3. The largest absolute Gasteiger partial charge is 0.362 e. The van der Waals surface area contributed by atoms with Crippen LogP contribution < -0.4 is 4.90 Å². The van der Waals surface area contributed by atoms with Crippen molar-refractivity contribution in [3.05, 3.63) is 105 Å². The predicted octanol–water partition coefficient (Wildman–Crippen LogP) is 7.00. The summed E-state index contributed by atoms with van der Waals surface area (Å²) in [7, 11) is 0. The second-order valence-corrected chi connectivity index (χ2v) is 8.63. The van der Waals surface area contributed by atoms with Gasteiger partial charge in [0.25, 0.3) is 0 Å². The zero-order valence-electron chi connectivity index (χ0n) is 16.8. The van der Waals surface area contributed by atoms with Gasteiger partial charge in [-0.05, 0) is 54.4 Å². The number of rotatable bonds is 4. The van der Waals surface area contributed by atoms with E-state index in [0.29, 0.717) is 11.7 Å². The van der Waals surface area contributed by atoms with E-state index in [2.05, 4.69) is 58.0 Å². The molecule has 0 amide bonds. The summed E-state index contributed by atoms with van der Waals surface area (Å²) in [5.41, 5.74) is 4.32. The van der Waals surface area contributed by atoms with Crippen molar-refractivity contribution < 1.29 is 0 Å². The second-order valence-electron chi connectivity index (χ2n) is 7.75. The fraction of sp³-hybridized carbons (Fsp3) is 0.240. The van der Waals surface area contributed by atoms with E-state index in [1.54, 1.807) is 0 Å². The average molecular weight is 436 g/mol. The van der Waals surface area contributed by atoms with Crippen LogP contribution in [0.5, 0.6) is 0 Å². The monoisotopic (exact) mass is 435 g/mol. The van der Waals surface area contributed by atoms with Crippen molar-refractivity contribution in [2.75, 3.05) is 18.0 Å². The van der Waals surface area contributed by atoms with Crippen molar-refractivity contribution in [1.82, 2.24) is 4.90 Å². The smallest absolute Gasteiger partial charge is 0.187 e. The van der Waals surface area contributed by atoms with Crippen LogP contribution in [0.4, 0.5) is 11.4 Å². The van der Waals surface area contributed by atoms with Gasteiger partial charge in [-0.1, -0.05) is 59.6 Å². The van der Waals surface area contributed by atoms with Crippen molar-refractivity contribution >= 4 is 34.6 Å². The molecular formula is C25H23Cl2N3. The molecule has 1 aliphatic rings. The van der Waals surface area contributed by atoms with Gasteiger partial charge in [-0.3, -0.25) is 4.90 Å². The Morgan fingerprint density at radius 1 is 0.867 bits per heavy atom. The molecule has 1 aliphatic heterocycles. The highest BCUT2D eigenvalue weighted by molar-refractivity contribution is 6.30. The van der Waals surface area contributed by atoms with Crippen molar-refractivity contribution in [2.45, 2.75) is 25.6 Å². The summed E-state index contributed by atoms with van der Waals surface area (Å²) >= 11 is 12.3. The van der Waals surface area contributed by atoms with E-state index in [-0.39, 0.29) is 6.04 Å². The second kappa shape index (κ2) is 9.10. The first-order chi connectivity index (χ1) is 14.5. The van der Waals surface area contributed by atoms with Gasteiger partial charge < -0.3 is 4.90 Å². The molecule has 0 aliphatic carbocycles. The normalized spacial score (nSPS) is 19.5. The van der Waals surface area contributed by atoms with Crippen LogP contribution in [0.3, 0.4) is 0 Å². The molecule has 0 radical (unpaired) electrons. The number of hydrogen-bond acceptors (Lipinski definition) is 2. The maximum Gasteiger partial charge on any atom is 0.187 e. The Labute approximate surface area is 188 Å². The molecular weight excluding hydrogens is 413 g/mol. The quantitative estimate of drug-likeness (QED) is 0.408. The zero-order valence-corrected chi connectivity index (χ0v) is 18.3. The summed E-state index contributed by atoms with van der Waals surface area (Å²) in [6.07, 6.45) is 0. The fourth-order valence-electron chi connectivity index (χ4n) is 4.05. The van der Waals surface area contributed by atoms with Gasteiger partial charge in [0.15, 0.2) is 5.69 Å². The molecule has 3 aromatic rings. The van der Waals surface area contributed by atoms with Crippen LogP contribution in [0.15, 0.2) is 72.8 Å². The Morgan fingerprint density at radius 2 is 1.47 bits per heavy atom. The first kappa shape index (κ1) is 20.8. The highest BCUT2D eigenvalue weighted by Crippen LogP contribution is 2.34. The van der Waals surface area contributed by atoms with Crippen molar-refractivity contribution in [3.8, 4) is 0 Å². The molecule has 0 spiro atoms. The molecule has 152 valence electrons. The minimum atomic E-state index is 0.210. The lowest BCUT2D eigenvalue weighted by Gasteiger charge is -2.47. The maximum absolute atomic E-state index is 7.14. The molecule has 2 atom stereocenters. The minimum absolute atomic E-state index is 0.210. The lowest BCUT2D eigenvalue weighted by Crippen LogP contribution is -2.53. The Morgan fingerprint density at radius 3 is 2.07 bits per heavy atom. The molecule has 4 rings (SSSR count). The van der Waals surface area contributed by atoms with E-state index in [0.717, 1.165) is 29.7 Å². The first-order valence-electron chi connectivity index (χ1n) is 10.0. The van der Waals surface area contributed by atoms with Gasteiger partial charge in [0.1, 0.15) is 0 Å². The topological polar surface area (TPSA) is 10.8 Å². The number of piperazine rings is 1. The Bertz CT molecular complexity index is 1020. The van der Waals surface area contributed by atoms with E-state index in [1.807, 2.05) is 36.4 Å². The molecule has 1 fully saturated rings. The van der Waals surface area contributed by atoms with Crippen LogP contribution in [0.25, 0.3) is 4.85 Å². The highest BCUT2D eigenvalue weighted by Gasteiger charge is 2.32. The highest BCUT2D eigenvalue weighted by atomic mass is 35.5. The number of hydrogen-bond donors (Lipinski definition) is 0. The predicted molar refractivity (Wildman–Crippen MR) is 126 cm³/mol. The molecule has 0 bridgehead atoms.